The molecule has 0 aromatic heterocycles. The largest absolute Gasteiger partial charge is 0.497 e. The number of aliphatic hydroxyl groups is 1. The number of aliphatic hydroxyl groups excluding tert-OH is 1. The van der Waals surface area contributed by atoms with Gasteiger partial charge in [0.05, 0.1) is 13.2 Å². The zero-order chi connectivity index (χ0) is 13.5. The van der Waals surface area contributed by atoms with Gasteiger partial charge in [-0.1, -0.05) is 0 Å². The van der Waals surface area contributed by atoms with Gasteiger partial charge in [0.1, 0.15) is 17.1 Å². The van der Waals surface area contributed by atoms with Crippen LogP contribution in [0.2, 0.25) is 0 Å². The number of hydrogen-bond acceptors (Lipinski definition) is 4. The second kappa shape index (κ2) is 4.69. The topological polar surface area (TPSA) is 41.9 Å². The Hall–Kier alpha value is -1.26. The molecule has 3 rings (SSSR count). The number of hydrogen-bond donors (Lipinski definition) is 1. The van der Waals surface area contributed by atoms with Crippen LogP contribution in [-0.4, -0.2) is 42.9 Å². The van der Waals surface area contributed by atoms with E-state index in [4.69, 9.17) is 9.47 Å². The second-order valence-electron chi connectivity index (χ2n) is 5.75. The van der Waals surface area contributed by atoms with Crippen LogP contribution in [-0.2, 0) is 0 Å². The lowest BCUT2D eigenvalue weighted by atomic mass is 9.83. The molecular weight excluding hydrogens is 242 g/mol. The molecule has 2 atom stereocenters. The van der Waals surface area contributed by atoms with Crippen LogP contribution in [0.4, 0.5) is 0 Å². The molecule has 19 heavy (non-hydrogen) atoms. The summed E-state index contributed by atoms with van der Waals surface area (Å²) in [6, 6.07) is 5.66. The summed E-state index contributed by atoms with van der Waals surface area (Å²) in [5.74, 6) is 1.54. The quantitative estimate of drug-likeness (QED) is 0.841. The Balaban J connectivity index is 1.93. The van der Waals surface area contributed by atoms with E-state index in [1.807, 2.05) is 18.2 Å². The van der Waals surface area contributed by atoms with Gasteiger partial charge < -0.3 is 19.5 Å². The molecule has 104 valence electrons. The first-order chi connectivity index (χ1) is 9.12. The van der Waals surface area contributed by atoms with Crippen molar-refractivity contribution in [1.29, 1.82) is 0 Å². The number of piperidine rings is 1. The van der Waals surface area contributed by atoms with Crippen LogP contribution in [0.15, 0.2) is 18.2 Å². The minimum Gasteiger partial charge on any atom is -0.497 e. The number of methoxy groups -OCH3 is 1. The van der Waals surface area contributed by atoms with Gasteiger partial charge in [0.2, 0.25) is 0 Å². The third-order valence-corrected chi connectivity index (χ3v) is 4.20. The van der Waals surface area contributed by atoms with Gasteiger partial charge in [0.15, 0.2) is 0 Å². The Morgan fingerprint density at radius 3 is 3.05 bits per heavy atom. The molecule has 2 aliphatic rings. The molecule has 0 aliphatic carbocycles. The highest BCUT2D eigenvalue weighted by atomic mass is 16.5. The molecule has 1 aromatic rings. The van der Waals surface area contributed by atoms with Crippen molar-refractivity contribution >= 4 is 0 Å². The molecule has 4 nitrogen and oxygen atoms in total. The van der Waals surface area contributed by atoms with E-state index >= 15 is 0 Å². The SMILES string of the molecule is COc1ccc2c(c1)OC1(CCCN(C)C1)CC2O. The van der Waals surface area contributed by atoms with Crippen molar-refractivity contribution in [1.82, 2.24) is 4.90 Å². The van der Waals surface area contributed by atoms with Crippen LogP contribution in [0, 0.1) is 0 Å². The van der Waals surface area contributed by atoms with Gasteiger partial charge in [-0.3, -0.25) is 0 Å². The summed E-state index contributed by atoms with van der Waals surface area (Å²) in [4.78, 5) is 2.28. The molecule has 2 unspecified atom stereocenters. The molecule has 0 bridgehead atoms. The lowest BCUT2D eigenvalue weighted by Crippen LogP contribution is -2.52. The summed E-state index contributed by atoms with van der Waals surface area (Å²) >= 11 is 0. The van der Waals surface area contributed by atoms with E-state index in [9.17, 15) is 5.11 Å². The predicted octanol–water partition coefficient (Wildman–Crippen LogP) is 1.98. The van der Waals surface area contributed by atoms with Gasteiger partial charge in [-0.25, -0.2) is 0 Å². The van der Waals surface area contributed by atoms with E-state index in [1.165, 1.54) is 0 Å². The zero-order valence-corrected chi connectivity index (χ0v) is 11.6. The first-order valence-corrected chi connectivity index (χ1v) is 6.85. The van der Waals surface area contributed by atoms with Gasteiger partial charge in [0, 0.05) is 24.6 Å². The number of benzene rings is 1. The molecule has 1 saturated heterocycles. The number of fused-ring (bicyclic) bond motifs is 1. The van der Waals surface area contributed by atoms with E-state index in [-0.39, 0.29) is 5.60 Å². The molecule has 1 aromatic carbocycles. The molecule has 2 heterocycles. The van der Waals surface area contributed by atoms with Crippen LogP contribution in [0.1, 0.15) is 30.9 Å². The number of nitrogens with zero attached hydrogens (tertiary/aromatic N) is 1. The Morgan fingerprint density at radius 1 is 1.47 bits per heavy atom. The molecule has 0 saturated carbocycles. The highest BCUT2D eigenvalue weighted by Crippen LogP contribution is 2.44. The van der Waals surface area contributed by atoms with Crippen LogP contribution in [0.25, 0.3) is 0 Å². The van der Waals surface area contributed by atoms with Crippen LogP contribution in [0.5, 0.6) is 11.5 Å². The second-order valence-corrected chi connectivity index (χ2v) is 5.75. The molecule has 1 N–H and O–H groups in total. The summed E-state index contributed by atoms with van der Waals surface area (Å²) in [6.45, 7) is 1.98. The molecule has 2 aliphatic heterocycles. The van der Waals surface area contributed by atoms with E-state index in [2.05, 4.69) is 11.9 Å². The molecule has 1 spiro atoms. The van der Waals surface area contributed by atoms with Gasteiger partial charge in [-0.05, 0) is 38.6 Å². The number of likely N-dealkylation sites (tertiary alicyclic amines) is 1. The van der Waals surface area contributed by atoms with Crippen molar-refractivity contribution in [2.75, 3.05) is 27.2 Å². The van der Waals surface area contributed by atoms with Crippen molar-refractivity contribution < 1.29 is 14.6 Å². The van der Waals surface area contributed by atoms with Crippen LogP contribution >= 0.6 is 0 Å². The molecule has 0 amide bonds. The minimum absolute atomic E-state index is 0.244. The fourth-order valence-corrected chi connectivity index (χ4v) is 3.31. The fraction of sp³-hybridized carbons (Fsp3) is 0.600. The summed E-state index contributed by atoms with van der Waals surface area (Å²) in [5.41, 5.74) is 0.630. The summed E-state index contributed by atoms with van der Waals surface area (Å²) in [6.07, 6.45) is 2.35. The van der Waals surface area contributed by atoms with Crippen molar-refractivity contribution in [3.8, 4) is 11.5 Å². The van der Waals surface area contributed by atoms with E-state index in [0.717, 1.165) is 43.0 Å². The Kier molecular flexibility index (Phi) is 3.15. The number of ether oxygens (including phenoxy) is 2. The van der Waals surface area contributed by atoms with E-state index in [1.54, 1.807) is 7.11 Å². The van der Waals surface area contributed by atoms with E-state index < -0.39 is 6.10 Å². The first kappa shape index (κ1) is 12.8. The van der Waals surface area contributed by atoms with Crippen LogP contribution in [0.3, 0.4) is 0 Å². The highest BCUT2D eigenvalue weighted by molar-refractivity contribution is 5.44. The summed E-state index contributed by atoms with van der Waals surface area (Å²) in [7, 11) is 3.75. The molecule has 0 radical (unpaired) electrons. The number of likely N-dealkylation sites (N-methyl/N-ethyl adjacent to an activating group) is 1. The monoisotopic (exact) mass is 263 g/mol. The molecule has 1 fully saturated rings. The summed E-state index contributed by atoms with van der Waals surface area (Å²) < 4.78 is 11.5. The fourth-order valence-electron chi connectivity index (χ4n) is 3.31. The normalized spacial score (nSPS) is 30.8. The average molecular weight is 263 g/mol. The van der Waals surface area contributed by atoms with Crippen molar-refractivity contribution in [2.45, 2.75) is 31.0 Å². The average Bonchev–Trinajstić information content (AvgIpc) is 2.37. The maximum absolute atomic E-state index is 10.4. The Morgan fingerprint density at radius 2 is 2.32 bits per heavy atom. The van der Waals surface area contributed by atoms with Crippen LogP contribution < -0.4 is 9.47 Å². The third-order valence-electron chi connectivity index (χ3n) is 4.20. The van der Waals surface area contributed by atoms with Gasteiger partial charge in [0.25, 0.3) is 0 Å². The summed E-state index contributed by atoms with van der Waals surface area (Å²) in [5, 5.41) is 10.4. The molecule has 4 heteroatoms. The van der Waals surface area contributed by atoms with Gasteiger partial charge >= 0.3 is 0 Å². The standard InChI is InChI=1S/C15H21NO3/c1-16-7-3-6-15(10-16)9-13(17)12-5-4-11(18-2)8-14(12)19-15/h4-5,8,13,17H,3,6-7,9-10H2,1-2H3. The lowest BCUT2D eigenvalue weighted by molar-refractivity contribution is -0.0555. The van der Waals surface area contributed by atoms with Gasteiger partial charge in [-0.2, -0.15) is 0 Å². The van der Waals surface area contributed by atoms with E-state index in [0.29, 0.717) is 6.42 Å². The maximum Gasteiger partial charge on any atom is 0.129 e. The third kappa shape index (κ3) is 2.30. The zero-order valence-electron chi connectivity index (χ0n) is 11.6. The smallest absolute Gasteiger partial charge is 0.129 e. The molecular formula is C15H21NO3. The van der Waals surface area contributed by atoms with Crippen molar-refractivity contribution in [3.63, 3.8) is 0 Å². The maximum atomic E-state index is 10.4. The van der Waals surface area contributed by atoms with Crippen molar-refractivity contribution in [2.24, 2.45) is 0 Å². The highest BCUT2D eigenvalue weighted by Gasteiger charge is 2.42. The predicted molar refractivity (Wildman–Crippen MR) is 72.7 cm³/mol. The Bertz CT molecular complexity index is 476. The number of rotatable bonds is 1. The van der Waals surface area contributed by atoms with Crippen molar-refractivity contribution in [3.05, 3.63) is 23.8 Å². The minimum atomic E-state index is -0.443. The first-order valence-electron chi connectivity index (χ1n) is 6.85. The van der Waals surface area contributed by atoms with Gasteiger partial charge in [-0.15, -0.1) is 0 Å². The Labute approximate surface area is 113 Å². The lowest BCUT2D eigenvalue weighted by Gasteiger charge is -2.45.